The number of hydrogen-bond donors (Lipinski definition) is 3. The zero-order chi connectivity index (χ0) is 19.8. The number of aliphatic hydroxyl groups excluding tert-OH is 1. The Bertz CT molecular complexity index is 784. The number of aliphatic hydroxyl groups is 1. The second kappa shape index (κ2) is 9.87. The summed E-state index contributed by atoms with van der Waals surface area (Å²) in [4.78, 5) is 4.31. The van der Waals surface area contributed by atoms with Crippen molar-refractivity contribution in [3.05, 3.63) is 65.2 Å². The molecule has 0 heterocycles. The molecule has 0 aliphatic rings. The predicted octanol–water partition coefficient (Wildman–Crippen LogP) is 3.32. The van der Waals surface area contributed by atoms with Crippen molar-refractivity contribution in [1.29, 1.82) is 0 Å². The van der Waals surface area contributed by atoms with E-state index >= 15 is 0 Å². The average Bonchev–Trinajstić information content (AvgIpc) is 2.66. The van der Waals surface area contributed by atoms with Gasteiger partial charge < -0.3 is 20.5 Å². The van der Waals surface area contributed by atoms with Gasteiger partial charge in [0, 0.05) is 12.1 Å². The molecule has 0 saturated heterocycles. The Hall–Kier alpha value is -2.67. The summed E-state index contributed by atoms with van der Waals surface area (Å²) in [6, 6.07) is 10.5. The van der Waals surface area contributed by atoms with Crippen molar-refractivity contribution in [2.24, 2.45) is 4.99 Å². The van der Waals surface area contributed by atoms with Crippen molar-refractivity contribution in [1.82, 2.24) is 10.6 Å². The molecule has 2 atom stereocenters. The molecule has 0 aliphatic carbocycles. The van der Waals surface area contributed by atoms with Gasteiger partial charge in [0.2, 0.25) is 0 Å². The van der Waals surface area contributed by atoms with Gasteiger partial charge in [-0.05, 0) is 37.6 Å². The number of methoxy groups -OCH3 is 1. The molecule has 0 fully saturated rings. The molecule has 27 heavy (non-hydrogen) atoms. The van der Waals surface area contributed by atoms with E-state index in [1.807, 2.05) is 13.8 Å². The molecule has 5 nitrogen and oxygen atoms in total. The first kappa shape index (κ1) is 20.6. The summed E-state index contributed by atoms with van der Waals surface area (Å²) in [5.41, 5.74) is 0.913. The molecule has 0 amide bonds. The first-order valence-corrected chi connectivity index (χ1v) is 8.77. The van der Waals surface area contributed by atoms with Crippen molar-refractivity contribution in [3.63, 3.8) is 0 Å². The van der Waals surface area contributed by atoms with Crippen LogP contribution in [-0.4, -0.2) is 31.3 Å². The highest BCUT2D eigenvalue weighted by atomic mass is 19.1. The maximum absolute atomic E-state index is 13.9. The lowest BCUT2D eigenvalue weighted by molar-refractivity contribution is 0.182. The summed E-state index contributed by atoms with van der Waals surface area (Å²) in [7, 11) is 1.41. The number of nitrogens with zero attached hydrogens (tertiary/aromatic N) is 1. The monoisotopic (exact) mass is 377 g/mol. The van der Waals surface area contributed by atoms with E-state index in [0.717, 1.165) is 0 Å². The van der Waals surface area contributed by atoms with E-state index in [-0.39, 0.29) is 23.9 Å². The number of halogens is 2. The van der Waals surface area contributed by atoms with Gasteiger partial charge in [-0.25, -0.2) is 8.78 Å². The van der Waals surface area contributed by atoms with Crippen LogP contribution in [0.5, 0.6) is 5.75 Å². The summed E-state index contributed by atoms with van der Waals surface area (Å²) in [5, 5.41) is 16.4. The number of hydrogen-bond acceptors (Lipinski definition) is 3. The molecular formula is C20H25F2N3O2. The third-order valence-corrected chi connectivity index (χ3v) is 4.06. The fraction of sp³-hybridized carbons (Fsp3) is 0.350. The molecule has 2 rings (SSSR count). The Balaban J connectivity index is 2.08. The smallest absolute Gasteiger partial charge is 0.191 e. The Kier molecular flexibility index (Phi) is 7.55. The molecule has 0 aromatic heterocycles. The van der Waals surface area contributed by atoms with Gasteiger partial charge in [-0.1, -0.05) is 24.3 Å². The Labute approximate surface area is 158 Å². The van der Waals surface area contributed by atoms with Gasteiger partial charge in [0.1, 0.15) is 11.9 Å². The maximum atomic E-state index is 13.9. The van der Waals surface area contributed by atoms with Gasteiger partial charge in [0.25, 0.3) is 0 Å². The van der Waals surface area contributed by atoms with Crippen molar-refractivity contribution in [2.45, 2.75) is 26.0 Å². The Morgan fingerprint density at radius 2 is 1.93 bits per heavy atom. The van der Waals surface area contributed by atoms with E-state index in [4.69, 9.17) is 4.74 Å². The van der Waals surface area contributed by atoms with Gasteiger partial charge in [0.15, 0.2) is 17.5 Å². The molecular weight excluding hydrogens is 352 g/mol. The number of benzene rings is 2. The van der Waals surface area contributed by atoms with Crippen LogP contribution < -0.4 is 15.4 Å². The van der Waals surface area contributed by atoms with Gasteiger partial charge >= 0.3 is 0 Å². The van der Waals surface area contributed by atoms with Crippen LogP contribution in [0.25, 0.3) is 0 Å². The largest absolute Gasteiger partial charge is 0.494 e. The number of guanidine groups is 1. The first-order valence-electron chi connectivity index (χ1n) is 8.77. The van der Waals surface area contributed by atoms with Crippen molar-refractivity contribution in [3.8, 4) is 5.75 Å². The first-order chi connectivity index (χ1) is 13.0. The highest BCUT2D eigenvalue weighted by molar-refractivity contribution is 5.80. The fourth-order valence-corrected chi connectivity index (χ4v) is 2.58. The van der Waals surface area contributed by atoms with E-state index < -0.39 is 17.7 Å². The third-order valence-electron chi connectivity index (χ3n) is 4.06. The van der Waals surface area contributed by atoms with Crippen molar-refractivity contribution < 1.29 is 18.6 Å². The van der Waals surface area contributed by atoms with Gasteiger partial charge in [-0.15, -0.1) is 0 Å². The van der Waals surface area contributed by atoms with Crippen LogP contribution in [0.3, 0.4) is 0 Å². The zero-order valence-corrected chi connectivity index (χ0v) is 15.7. The SMILES string of the molecule is CCNC(=NCC(O)c1ccccc1F)NC(C)c1ccc(OC)c(F)c1. The van der Waals surface area contributed by atoms with Crippen LogP contribution in [0.4, 0.5) is 8.78 Å². The van der Waals surface area contributed by atoms with Crippen molar-refractivity contribution in [2.75, 3.05) is 20.2 Å². The second-order valence-electron chi connectivity index (χ2n) is 6.02. The standard InChI is InChI=1S/C20H25F2N3O2/c1-4-23-20(24-12-18(26)15-7-5-6-8-16(15)21)25-13(2)14-9-10-19(27-3)17(22)11-14/h5-11,13,18,26H,4,12H2,1-3H3,(H2,23,24,25). The number of ether oxygens (including phenoxy) is 1. The summed E-state index contributed by atoms with van der Waals surface area (Å²) in [5.74, 6) is -0.294. The minimum atomic E-state index is -1.06. The molecule has 0 aliphatic heterocycles. The van der Waals surface area contributed by atoms with E-state index in [1.54, 1.807) is 24.3 Å². The Morgan fingerprint density at radius 1 is 1.19 bits per heavy atom. The van der Waals surface area contributed by atoms with Crippen LogP contribution in [0.15, 0.2) is 47.5 Å². The molecule has 7 heteroatoms. The van der Waals surface area contributed by atoms with E-state index in [9.17, 15) is 13.9 Å². The van der Waals surface area contributed by atoms with Crippen molar-refractivity contribution >= 4 is 5.96 Å². The zero-order valence-electron chi connectivity index (χ0n) is 15.7. The molecule has 0 bridgehead atoms. The van der Waals surface area contributed by atoms with Gasteiger partial charge in [-0.2, -0.15) is 0 Å². The van der Waals surface area contributed by atoms with E-state index in [1.165, 1.54) is 25.3 Å². The van der Waals surface area contributed by atoms with Gasteiger partial charge in [-0.3, -0.25) is 4.99 Å². The highest BCUT2D eigenvalue weighted by Gasteiger charge is 2.14. The number of rotatable bonds is 7. The van der Waals surface area contributed by atoms with Gasteiger partial charge in [0.05, 0.1) is 19.7 Å². The topological polar surface area (TPSA) is 65.9 Å². The maximum Gasteiger partial charge on any atom is 0.191 e. The summed E-state index contributed by atoms with van der Waals surface area (Å²) >= 11 is 0. The average molecular weight is 377 g/mol. The lowest BCUT2D eigenvalue weighted by Gasteiger charge is -2.19. The summed E-state index contributed by atoms with van der Waals surface area (Å²) < 4.78 is 32.6. The highest BCUT2D eigenvalue weighted by Crippen LogP contribution is 2.22. The minimum Gasteiger partial charge on any atom is -0.494 e. The molecule has 2 aromatic carbocycles. The lowest BCUT2D eigenvalue weighted by Crippen LogP contribution is -2.39. The van der Waals surface area contributed by atoms with Crippen LogP contribution in [0.1, 0.15) is 37.1 Å². The summed E-state index contributed by atoms with van der Waals surface area (Å²) in [6.45, 7) is 4.36. The predicted molar refractivity (Wildman–Crippen MR) is 102 cm³/mol. The molecule has 2 aromatic rings. The second-order valence-corrected chi connectivity index (χ2v) is 6.02. The lowest BCUT2D eigenvalue weighted by atomic mass is 10.1. The van der Waals surface area contributed by atoms with Crippen LogP contribution in [-0.2, 0) is 0 Å². The quantitative estimate of drug-likeness (QED) is 0.512. The van der Waals surface area contributed by atoms with Crippen LogP contribution in [0, 0.1) is 11.6 Å². The number of nitrogens with one attached hydrogen (secondary N) is 2. The third kappa shape index (κ3) is 5.65. The molecule has 0 spiro atoms. The van der Waals surface area contributed by atoms with E-state index in [0.29, 0.717) is 18.1 Å². The molecule has 146 valence electrons. The molecule has 0 saturated carbocycles. The molecule has 0 radical (unpaired) electrons. The fourth-order valence-electron chi connectivity index (χ4n) is 2.58. The Morgan fingerprint density at radius 3 is 2.56 bits per heavy atom. The van der Waals surface area contributed by atoms with Crippen LogP contribution in [0.2, 0.25) is 0 Å². The normalized spacial score (nSPS) is 13.8. The molecule has 3 N–H and O–H groups in total. The summed E-state index contributed by atoms with van der Waals surface area (Å²) in [6.07, 6.45) is -1.06. The number of aliphatic imine (C=N–C) groups is 1. The molecule has 2 unspecified atom stereocenters. The minimum absolute atomic E-state index is 0.0139. The van der Waals surface area contributed by atoms with Crippen LogP contribution >= 0.6 is 0 Å². The van der Waals surface area contributed by atoms with E-state index in [2.05, 4.69) is 15.6 Å².